The lowest BCUT2D eigenvalue weighted by atomic mass is 10.0. The SMILES string of the molecule is Cc1ccc(C)c(CCN(C)CC(N)=O)c1. The molecule has 16 heavy (non-hydrogen) atoms. The minimum Gasteiger partial charge on any atom is -0.369 e. The number of hydrogen-bond donors (Lipinski definition) is 1. The summed E-state index contributed by atoms with van der Waals surface area (Å²) in [6.07, 6.45) is 0.956. The van der Waals surface area contributed by atoms with Crippen molar-refractivity contribution < 1.29 is 4.79 Å². The molecule has 0 spiro atoms. The number of amides is 1. The van der Waals surface area contributed by atoms with Crippen molar-refractivity contribution in [2.75, 3.05) is 20.1 Å². The summed E-state index contributed by atoms with van der Waals surface area (Å²) >= 11 is 0. The van der Waals surface area contributed by atoms with E-state index in [-0.39, 0.29) is 5.91 Å². The first-order valence-corrected chi connectivity index (χ1v) is 5.52. The number of hydrogen-bond acceptors (Lipinski definition) is 2. The predicted molar refractivity (Wildman–Crippen MR) is 66.3 cm³/mol. The Labute approximate surface area is 97.2 Å². The van der Waals surface area contributed by atoms with E-state index in [1.165, 1.54) is 16.7 Å². The molecule has 0 aliphatic heterocycles. The number of carbonyl (C=O) groups is 1. The normalized spacial score (nSPS) is 10.8. The number of rotatable bonds is 5. The predicted octanol–water partition coefficient (Wildman–Crippen LogP) is 1.26. The average Bonchev–Trinajstić information content (AvgIpc) is 2.18. The van der Waals surface area contributed by atoms with Crippen LogP contribution in [0.2, 0.25) is 0 Å². The second-order valence-electron chi connectivity index (χ2n) is 4.38. The molecule has 0 unspecified atom stereocenters. The molecule has 0 radical (unpaired) electrons. The molecule has 3 nitrogen and oxygen atoms in total. The quantitative estimate of drug-likeness (QED) is 0.812. The molecule has 88 valence electrons. The van der Waals surface area contributed by atoms with E-state index in [1.54, 1.807) is 0 Å². The molecule has 0 saturated heterocycles. The van der Waals surface area contributed by atoms with E-state index in [4.69, 9.17) is 5.73 Å². The van der Waals surface area contributed by atoms with Crippen LogP contribution in [0.1, 0.15) is 16.7 Å². The molecule has 1 amide bonds. The Morgan fingerprint density at radius 3 is 2.69 bits per heavy atom. The number of primary amides is 1. The number of likely N-dealkylation sites (N-methyl/N-ethyl adjacent to an activating group) is 1. The van der Waals surface area contributed by atoms with Crippen LogP contribution in [0.3, 0.4) is 0 Å². The summed E-state index contributed by atoms with van der Waals surface area (Å²) in [6.45, 7) is 5.39. The van der Waals surface area contributed by atoms with Gasteiger partial charge >= 0.3 is 0 Å². The van der Waals surface area contributed by atoms with Gasteiger partial charge in [0.1, 0.15) is 0 Å². The monoisotopic (exact) mass is 220 g/mol. The fraction of sp³-hybridized carbons (Fsp3) is 0.462. The van der Waals surface area contributed by atoms with Gasteiger partial charge in [-0.3, -0.25) is 9.69 Å². The molecule has 1 aromatic carbocycles. The third-order valence-electron chi connectivity index (χ3n) is 2.69. The highest BCUT2D eigenvalue weighted by Gasteiger charge is 2.04. The van der Waals surface area contributed by atoms with Crippen LogP contribution in [0.15, 0.2) is 18.2 Å². The summed E-state index contributed by atoms with van der Waals surface area (Å²) < 4.78 is 0. The summed E-state index contributed by atoms with van der Waals surface area (Å²) in [6, 6.07) is 6.46. The number of carbonyl (C=O) groups excluding carboxylic acids is 1. The Morgan fingerprint density at radius 1 is 1.38 bits per heavy atom. The molecule has 3 heteroatoms. The van der Waals surface area contributed by atoms with E-state index >= 15 is 0 Å². The molecule has 0 aromatic heterocycles. The van der Waals surface area contributed by atoms with Crippen LogP contribution in [0, 0.1) is 13.8 Å². The first-order valence-electron chi connectivity index (χ1n) is 5.52. The van der Waals surface area contributed by atoms with E-state index in [9.17, 15) is 4.79 Å². The number of benzene rings is 1. The Balaban J connectivity index is 2.54. The first-order chi connectivity index (χ1) is 7.49. The lowest BCUT2D eigenvalue weighted by molar-refractivity contribution is -0.118. The summed E-state index contributed by atoms with van der Waals surface area (Å²) in [5.74, 6) is -0.275. The van der Waals surface area contributed by atoms with Crippen LogP contribution in [0.4, 0.5) is 0 Å². The zero-order valence-corrected chi connectivity index (χ0v) is 10.3. The Kier molecular flexibility index (Phi) is 4.50. The van der Waals surface area contributed by atoms with E-state index in [0.717, 1.165) is 13.0 Å². The van der Waals surface area contributed by atoms with Crippen LogP contribution in [-0.2, 0) is 11.2 Å². The van der Waals surface area contributed by atoms with Crippen molar-refractivity contribution in [3.63, 3.8) is 0 Å². The number of nitrogens with two attached hydrogens (primary N) is 1. The van der Waals surface area contributed by atoms with Gasteiger partial charge in [-0.25, -0.2) is 0 Å². The maximum absolute atomic E-state index is 10.7. The second kappa shape index (κ2) is 5.66. The van der Waals surface area contributed by atoms with Crippen molar-refractivity contribution in [3.05, 3.63) is 34.9 Å². The molecule has 0 bridgehead atoms. The average molecular weight is 220 g/mol. The topological polar surface area (TPSA) is 46.3 Å². The first kappa shape index (κ1) is 12.7. The van der Waals surface area contributed by atoms with E-state index in [2.05, 4.69) is 32.0 Å². The highest BCUT2D eigenvalue weighted by molar-refractivity contribution is 5.75. The summed E-state index contributed by atoms with van der Waals surface area (Å²) in [5, 5.41) is 0. The molecular weight excluding hydrogens is 200 g/mol. The van der Waals surface area contributed by atoms with Crippen molar-refractivity contribution >= 4 is 5.91 Å². The van der Waals surface area contributed by atoms with Crippen LogP contribution in [-0.4, -0.2) is 30.9 Å². The van der Waals surface area contributed by atoms with Gasteiger partial charge in [0.15, 0.2) is 0 Å². The summed E-state index contributed by atoms with van der Waals surface area (Å²) in [4.78, 5) is 12.7. The second-order valence-corrected chi connectivity index (χ2v) is 4.38. The largest absolute Gasteiger partial charge is 0.369 e. The van der Waals surface area contributed by atoms with E-state index in [1.807, 2.05) is 11.9 Å². The maximum atomic E-state index is 10.7. The van der Waals surface area contributed by atoms with Crippen molar-refractivity contribution in [3.8, 4) is 0 Å². The fourth-order valence-electron chi connectivity index (χ4n) is 1.73. The molecule has 0 aliphatic rings. The number of aryl methyl sites for hydroxylation is 2. The molecule has 0 atom stereocenters. The molecule has 1 aromatic rings. The highest BCUT2D eigenvalue weighted by Crippen LogP contribution is 2.11. The van der Waals surface area contributed by atoms with Gasteiger partial charge in [0.25, 0.3) is 0 Å². The van der Waals surface area contributed by atoms with E-state index in [0.29, 0.717) is 6.54 Å². The zero-order chi connectivity index (χ0) is 12.1. The van der Waals surface area contributed by atoms with Gasteiger partial charge < -0.3 is 5.73 Å². The van der Waals surface area contributed by atoms with Crippen molar-refractivity contribution in [2.45, 2.75) is 20.3 Å². The van der Waals surface area contributed by atoms with Crippen LogP contribution < -0.4 is 5.73 Å². The summed E-state index contributed by atoms with van der Waals surface area (Å²) in [7, 11) is 1.91. The van der Waals surface area contributed by atoms with Gasteiger partial charge in [0.2, 0.25) is 5.91 Å². The molecule has 0 saturated carbocycles. The standard InChI is InChI=1S/C13H20N2O/c1-10-4-5-11(2)12(8-10)6-7-15(3)9-13(14)16/h4-5,8H,6-7,9H2,1-3H3,(H2,14,16). The minimum atomic E-state index is -0.275. The van der Waals surface area contributed by atoms with Gasteiger partial charge in [-0.05, 0) is 38.4 Å². The smallest absolute Gasteiger partial charge is 0.231 e. The van der Waals surface area contributed by atoms with Crippen molar-refractivity contribution in [1.29, 1.82) is 0 Å². The molecule has 0 heterocycles. The third-order valence-corrected chi connectivity index (χ3v) is 2.69. The Bertz CT molecular complexity index is 374. The zero-order valence-electron chi connectivity index (χ0n) is 10.3. The molecular formula is C13H20N2O. The van der Waals surface area contributed by atoms with Crippen molar-refractivity contribution in [2.24, 2.45) is 5.73 Å². The van der Waals surface area contributed by atoms with Gasteiger partial charge in [-0.1, -0.05) is 23.8 Å². The van der Waals surface area contributed by atoms with Gasteiger partial charge in [0.05, 0.1) is 6.54 Å². The highest BCUT2D eigenvalue weighted by atomic mass is 16.1. The van der Waals surface area contributed by atoms with Crippen LogP contribution >= 0.6 is 0 Å². The molecule has 1 rings (SSSR count). The van der Waals surface area contributed by atoms with Gasteiger partial charge in [0, 0.05) is 6.54 Å². The lowest BCUT2D eigenvalue weighted by Crippen LogP contribution is -2.32. The lowest BCUT2D eigenvalue weighted by Gasteiger charge is -2.15. The molecule has 0 fully saturated rings. The van der Waals surface area contributed by atoms with Crippen LogP contribution in [0.25, 0.3) is 0 Å². The van der Waals surface area contributed by atoms with Gasteiger partial charge in [-0.2, -0.15) is 0 Å². The van der Waals surface area contributed by atoms with Crippen LogP contribution in [0.5, 0.6) is 0 Å². The van der Waals surface area contributed by atoms with Crippen molar-refractivity contribution in [1.82, 2.24) is 4.90 Å². The molecule has 0 aliphatic carbocycles. The summed E-state index contributed by atoms with van der Waals surface area (Å²) in [5.41, 5.74) is 9.06. The molecule has 2 N–H and O–H groups in total. The van der Waals surface area contributed by atoms with Gasteiger partial charge in [-0.15, -0.1) is 0 Å². The number of nitrogens with zero attached hydrogens (tertiary/aromatic N) is 1. The maximum Gasteiger partial charge on any atom is 0.231 e. The van der Waals surface area contributed by atoms with E-state index < -0.39 is 0 Å². The third kappa shape index (κ3) is 4.03. The minimum absolute atomic E-state index is 0.275. The Hall–Kier alpha value is -1.35. The Morgan fingerprint density at radius 2 is 2.06 bits per heavy atom. The fourth-order valence-corrected chi connectivity index (χ4v) is 1.73.